The zero-order valence-corrected chi connectivity index (χ0v) is 13.6. The average Bonchev–Trinajstić information content (AvgIpc) is 3.16. The molecule has 1 aromatic carbocycles. The Morgan fingerprint density at radius 2 is 2.13 bits per heavy atom. The highest BCUT2D eigenvalue weighted by molar-refractivity contribution is 9.10. The number of benzene rings is 1. The van der Waals surface area contributed by atoms with E-state index in [-0.39, 0.29) is 11.8 Å². The molecule has 23 heavy (non-hydrogen) atoms. The van der Waals surface area contributed by atoms with Gasteiger partial charge in [0.25, 0.3) is 5.91 Å². The molecule has 2 aromatic heterocycles. The molecule has 0 bridgehead atoms. The third-order valence-corrected chi connectivity index (χ3v) is 4.27. The normalized spacial score (nSPS) is 14.7. The average molecular weight is 374 g/mol. The molecule has 1 aliphatic heterocycles. The number of carbonyl (C=O) groups excluding carboxylic acids is 1. The summed E-state index contributed by atoms with van der Waals surface area (Å²) in [5, 5.41) is 3.91. The van der Waals surface area contributed by atoms with Crippen LogP contribution in [-0.4, -0.2) is 34.0 Å². The van der Waals surface area contributed by atoms with Crippen molar-refractivity contribution < 1.29 is 13.7 Å². The second-order valence-corrected chi connectivity index (χ2v) is 6.27. The van der Waals surface area contributed by atoms with Crippen LogP contribution in [0.4, 0.5) is 0 Å². The Kier molecular flexibility index (Phi) is 3.49. The molecule has 3 aromatic rings. The lowest BCUT2D eigenvalue weighted by molar-refractivity contribution is 0.0569. The van der Waals surface area contributed by atoms with Crippen molar-refractivity contribution in [3.8, 4) is 11.6 Å². The van der Waals surface area contributed by atoms with Crippen molar-refractivity contribution in [2.45, 2.75) is 5.92 Å². The first-order valence-electron chi connectivity index (χ1n) is 7.13. The first-order chi connectivity index (χ1) is 11.2. The van der Waals surface area contributed by atoms with E-state index in [4.69, 9.17) is 8.94 Å². The van der Waals surface area contributed by atoms with Crippen molar-refractivity contribution in [2.75, 3.05) is 13.1 Å². The number of furan rings is 1. The summed E-state index contributed by atoms with van der Waals surface area (Å²) in [6.07, 6.45) is 1.56. The molecule has 0 atom stereocenters. The summed E-state index contributed by atoms with van der Waals surface area (Å²) < 4.78 is 11.4. The molecule has 1 amide bonds. The van der Waals surface area contributed by atoms with Gasteiger partial charge in [-0.2, -0.15) is 4.98 Å². The molecule has 4 rings (SSSR count). The minimum Gasteiger partial charge on any atom is -0.461 e. The number of likely N-dealkylation sites (tertiary alicyclic amines) is 1. The highest BCUT2D eigenvalue weighted by Gasteiger charge is 2.36. The quantitative estimate of drug-likeness (QED) is 0.703. The van der Waals surface area contributed by atoms with E-state index in [9.17, 15) is 4.79 Å². The molecule has 116 valence electrons. The van der Waals surface area contributed by atoms with E-state index in [2.05, 4.69) is 26.1 Å². The molecule has 0 unspecified atom stereocenters. The molecule has 1 saturated heterocycles. The molecule has 0 spiro atoms. The van der Waals surface area contributed by atoms with Crippen LogP contribution in [0.3, 0.4) is 0 Å². The van der Waals surface area contributed by atoms with E-state index in [0.717, 1.165) is 4.47 Å². The Morgan fingerprint density at radius 1 is 1.26 bits per heavy atom. The molecular weight excluding hydrogens is 362 g/mol. The molecule has 0 saturated carbocycles. The van der Waals surface area contributed by atoms with Gasteiger partial charge in [0.05, 0.1) is 12.2 Å². The second kappa shape index (κ2) is 5.66. The monoisotopic (exact) mass is 373 g/mol. The molecule has 0 radical (unpaired) electrons. The summed E-state index contributed by atoms with van der Waals surface area (Å²) in [5.41, 5.74) is 0.666. The molecule has 7 heteroatoms. The van der Waals surface area contributed by atoms with Gasteiger partial charge in [0, 0.05) is 23.1 Å². The standard InChI is InChI=1S/C16H12BrN3O3/c17-12-4-1-3-10(7-12)16(21)20-8-11(9-20)15-18-14(19-23-15)13-5-2-6-22-13/h1-7,11H,8-9H2. The van der Waals surface area contributed by atoms with Gasteiger partial charge in [-0.15, -0.1) is 0 Å². The van der Waals surface area contributed by atoms with Crippen LogP contribution < -0.4 is 0 Å². The van der Waals surface area contributed by atoms with Crippen LogP contribution >= 0.6 is 15.9 Å². The number of hydrogen-bond donors (Lipinski definition) is 0. The maximum atomic E-state index is 12.4. The predicted molar refractivity (Wildman–Crippen MR) is 84.8 cm³/mol. The number of halogens is 1. The maximum Gasteiger partial charge on any atom is 0.253 e. The smallest absolute Gasteiger partial charge is 0.253 e. The fourth-order valence-corrected chi connectivity index (χ4v) is 2.91. The summed E-state index contributed by atoms with van der Waals surface area (Å²) in [4.78, 5) is 18.5. The molecule has 6 nitrogen and oxygen atoms in total. The van der Waals surface area contributed by atoms with Crippen LogP contribution in [0.5, 0.6) is 0 Å². The van der Waals surface area contributed by atoms with Crippen LogP contribution in [0, 0.1) is 0 Å². The fourth-order valence-electron chi connectivity index (χ4n) is 2.51. The number of hydrogen-bond acceptors (Lipinski definition) is 5. The number of aromatic nitrogens is 2. The van der Waals surface area contributed by atoms with E-state index in [1.165, 1.54) is 0 Å². The minimum atomic E-state index is 0.00771. The topological polar surface area (TPSA) is 72.4 Å². The van der Waals surface area contributed by atoms with Gasteiger partial charge in [0.2, 0.25) is 11.7 Å². The van der Waals surface area contributed by atoms with Gasteiger partial charge in [-0.25, -0.2) is 0 Å². The van der Waals surface area contributed by atoms with Gasteiger partial charge in [-0.05, 0) is 30.3 Å². The zero-order chi connectivity index (χ0) is 15.8. The summed E-state index contributed by atoms with van der Waals surface area (Å²) in [6, 6.07) is 10.9. The first-order valence-corrected chi connectivity index (χ1v) is 7.92. The first kappa shape index (κ1) is 14.2. The maximum absolute atomic E-state index is 12.4. The number of rotatable bonds is 3. The molecule has 0 aliphatic carbocycles. The van der Waals surface area contributed by atoms with Crippen LogP contribution in [-0.2, 0) is 0 Å². The number of amides is 1. The van der Waals surface area contributed by atoms with E-state index >= 15 is 0 Å². The Bertz CT molecular complexity index is 838. The van der Waals surface area contributed by atoms with Crippen LogP contribution in [0.15, 0.2) is 56.1 Å². The molecule has 1 fully saturated rings. The Balaban J connectivity index is 1.43. The van der Waals surface area contributed by atoms with Gasteiger partial charge in [0.15, 0.2) is 5.76 Å². The van der Waals surface area contributed by atoms with E-state index in [1.54, 1.807) is 23.3 Å². The van der Waals surface area contributed by atoms with Gasteiger partial charge in [0.1, 0.15) is 0 Å². The highest BCUT2D eigenvalue weighted by atomic mass is 79.9. The summed E-state index contributed by atoms with van der Waals surface area (Å²) >= 11 is 3.38. The minimum absolute atomic E-state index is 0.00771. The summed E-state index contributed by atoms with van der Waals surface area (Å²) in [7, 11) is 0. The fraction of sp³-hybridized carbons (Fsp3) is 0.188. The third kappa shape index (κ3) is 2.68. The lowest BCUT2D eigenvalue weighted by Gasteiger charge is -2.37. The van der Waals surface area contributed by atoms with Gasteiger partial charge >= 0.3 is 0 Å². The van der Waals surface area contributed by atoms with Crippen molar-refractivity contribution in [1.82, 2.24) is 15.0 Å². The SMILES string of the molecule is O=C(c1cccc(Br)c1)N1CC(c2nc(-c3ccco3)no2)C1. The van der Waals surface area contributed by atoms with Crippen molar-refractivity contribution in [2.24, 2.45) is 0 Å². The molecular formula is C16H12BrN3O3. The van der Waals surface area contributed by atoms with Crippen LogP contribution in [0.25, 0.3) is 11.6 Å². The van der Waals surface area contributed by atoms with Gasteiger partial charge in [-0.3, -0.25) is 4.79 Å². The highest BCUT2D eigenvalue weighted by Crippen LogP contribution is 2.29. The number of carbonyl (C=O) groups is 1. The van der Waals surface area contributed by atoms with E-state index in [0.29, 0.717) is 36.1 Å². The van der Waals surface area contributed by atoms with Crippen molar-refractivity contribution in [3.05, 3.63) is 58.6 Å². The van der Waals surface area contributed by atoms with Crippen molar-refractivity contribution in [3.63, 3.8) is 0 Å². The Morgan fingerprint density at radius 3 is 2.87 bits per heavy atom. The lowest BCUT2D eigenvalue weighted by Crippen LogP contribution is -2.48. The zero-order valence-electron chi connectivity index (χ0n) is 12.0. The van der Waals surface area contributed by atoms with E-state index < -0.39 is 0 Å². The second-order valence-electron chi connectivity index (χ2n) is 5.35. The molecule has 3 heterocycles. The van der Waals surface area contributed by atoms with E-state index in [1.807, 2.05) is 24.3 Å². The Hall–Kier alpha value is -2.41. The molecule has 1 aliphatic rings. The largest absolute Gasteiger partial charge is 0.461 e. The molecule has 0 N–H and O–H groups in total. The van der Waals surface area contributed by atoms with Crippen LogP contribution in [0.2, 0.25) is 0 Å². The Labute approximate surface area is 140 Å². The summed E-state index contributed by atoms with van der Waals surface area (Å²) in [6.45, 7) is 1.15. The van der Waals surface area contributed by atoms with Crippen LogP contribution in [0.1, 0.15) is 22.2 Å². The number of nitrogens with zero attached hydrogens (tertiary/aromatic N) is 3. The van der Waals surface area contributed by atoms with Crippen molar-refractivity contribution >= 4 is 21.8 Å². The third-order valence-electron chi connectivity index (χ3n) is 3.77. The van der Waals surface area contributed by atoms with Gasteiger partial charge in [-0.1, -0.05) is 27.2 Å². The van der Waals surface area contributed by atoms with Gasteiger partial charge < -0.3 is 13.8 Å². The predicted octanol–water partition coefficient (Wildman–Crippen LogP) is 3.33. The van der Waals surface area contributed by atoms with Crippen molar-refractivity contribution in [1.29, 1.82) is 0 Å². The lowest BCUT2D eigenvalue weighted by atomic mass is 9.99. The summed E-state index contributed by atoms with van der Waals surface area (Å²) in [5.74, 6) is 1.62.